The monoisotopic (exact) mass is 286 g/mol. The fourth-order valence-electron chi connectivity index (χ4n) is 2.54. The molecule has 1 aliphatic rings. The summed E-state index contributed by atoms with van der Waals surface area (Å²) in [5.74, 6) is -0.720. The molecule has 2 atom stereocenters. The lowest BCUT2D eigenvalue weighted by atomic mass is 10.0. The molecule has 0 bridgehead atoms. The molecule has 0 radical (unpaired) electrons. The molecule has 0 aromatic heterocycles. The highest BCUT2D eigenvalue weighted by Gasteiger charge is 2.20. The Hall–Kier alpha value is -1.91. The molecule has 1 heterocycles. The van der Waals surface area contributed by atoms with Crippen LogP contribution in [-0.4, -0.2) is 23.7 Å². The molecule has 4 heteroatoms. The van der Waals surface area contributed by atoms with E-state index in [2.05, 4.69) is 35.6 Å². The number of carboxylic acids is 1. The molecule has 4 nitrogen and oxygen atoms in total. The zero-order valence-corrected chi connectivity index (χ0v) is 12.3. The molecule has 2 aromatic carbocycles. The second-order valence-electron chi connectivity index (χ2n) is 5.34. The number of rotatable bonds is 2. The molecule has 1 saturated heterocycles. The van der Waals surface area contributed by atoms with E-state index in [4.69, 9.17) is 10.8 Å². The molecule has 21 heavy (non-hydrogen) atoms. The Bertz CT molecular complexity index is 599. The topological polar surface area (TPSA) is 75.4 Å². The fraction of sp³-hybridized carbons (Fsp3) is 0.353. The van der Waals surface area contributed by atoms with E-state index >= 15 is 0 Å². The fourth-order valence-corrected chi connectivity index (χ4v) is 2.54. The van der Waals surface area contributed by atoms with Crippen molar-refractivity contribution in [1.82, 2.24) is 5.32 Å². The highest BCUT2D eigenvalue weighted by molar-refractivity contribution is 5.86. The molecular formula is C17H22N2O2. The second kappa shape index (κ2) is 7.20. The van der Waals surface area contributed by atoms with Gasteiger partial charge in [0.2, 0.25) is 0 Å². The number of nitrogens with two attached hydrogens (primary N) is 1. The lowest BCUT2D eigenvalue weighted by Gasteiger charge is -2.09. The second-order valence-corrected chi connectivity index (χ2v) is 5.34. The van der Waals surface area contributed by atoms with Gasteiger partial charge in [0, 0.05) is 6.04 Å². The highest BCUT2D eigenvalue weighted by atomic mass is 16.4. The molecule has 3 rings (SSSR count). The van der Waals surface area contributed by atoms with Gasteiger partial charge in [-0.15, -0.1) is 0 Å². The van der Waals surface area contributed by atoms with Crippen molar-refractivity contribution in [2.75, 3.05) is 6.54 Å². The third-order valence-corrected chi connectivity index (χ3v) is 3.67. The lowest BCUT2D eigenvalue weighted by molar-refractivity contribution is -0.139. The summed E-state index contributed by atoms with van der Waals surface area (Å²) >= 11 is 0. The minimum atomic E-state index is -0.720. The van der Waals surface area contributed by atoms with E-state index in [0.29, 0.717) is 0 Å². The van der Waals surface area contributed by atoms with Crippen molar-refractivity contribution < 1.29 is 9.90 Å². The van der Waals surface area contributed by atoms with Gasteiger partial charge in [-0.1, -0.05) is 42.5 Å². The number of hydrogen-bond acceptors (Lipinski definition) is 3. The van der Waals surface area contributed by atoms with E-state index in [9.17, 15) is 4.79 Å². The van der Waals surface area contributed by atoms with Crippen molar-refractivity contribution in [3.05, 3.63) is 48.0 Å². The van der Waals surface area contributed by atoms with Crippen LogP contribution in [0.4, 0.5) is 0 Å². The van der Waals surface area contributed by atoms with Crippen molar-refractivity contribution in [3.8, 4) is 0 Å². The molecule has 2 aromatic rings. The maximum Gasteiger partial charge on any atom is 0.320 e. The minimum absolute atomic E-state index is 0.103. The van der Waals surface area contributed by atoms with Crippen molar-refractivity contribution in [1.29, 1.82) is 0 Å². The average molecular weight is 286 g/mol. The summed E-state index contributed by atoms with van der Waals surface area (Å²) in [6, 6.07) is 14.4. The van der Waals surface area contributed by atoms with Crippen LogP contribution < -0.4 is 11.1 Å². The number of fused-ring (bicyclic) bond motifs is 1. The Labute approximate surface area is 125 Å². The first-order valence-electron chi connectivity index (χ1n) is 7.29. The predicted molar refractivity (Wildman–Crippen MR) is 85.2 cm³/mol. The van der Waals surface area contributed by atoms with Gasteiger partial charge in [-0.3, -0.25) is 4.79 Å². The van der Waals surface area contributed by atoms with Gasteiger partial charge in [-0.05, 0) is 42.6 Å². The summed E-state index contributed by atoms with van der Waals surface area (Å²) < 4.78 is 0. The van der Waals surface area contributed by atoms with Gasteiger partial charge in [0.25, 0.3) is 0 Å². The van der Waals surface area contributed by atoms with E-state index in [1.165, 1.54) is 16.3 Å². The van der Waals surface area contributed by atoms with Crippen molar-refractivity contribution in [3.63, 3.8) is 0 Å². The Kier molecular flexibility index (Phi) is 5.31. The van der Waals surface area contributed by atoms with Crippen LogP contribution in [0, 0.1) is 0 Å². The Morgan fingerprint density at radius 1 is 1.29 bits per heavy atom. The Morgan fingerprint density at radius 3 is 2.57 bits per heavy atom. The third-order valence-electron chi connectivity index (χ3n) is 3.67. The number of aliphatic carboxylic acids is 1. The summed E-state index contributed by atoms with van der Waals surface area (Å²) in [4.78, 5) is 10.1. The maximum absolute atomic E-state index is 10.1. The number of carbonyl (C=O) groups is 1. The van der Waals surface area contributed by atoms with Crippen LogP contribution in [0.5, 0.6) is 0 Å². The van der Waals surface area contributed by atoms with Gasteiger partial charge >= 0.3 is 5.97 Å². The summed E-state index contributed by atoms with van der Waals surface area (Å²) in [6.45, 7) is 2.87. The highest BCUT2D eigenvalue weighted by Crippen LogP contribution is 2.22. The summed E-state index contributed by atoms with van der Waals surface area (Å²) in [5.41, 5.74) is 7.10. The van der Waals surface area contributed by atoms with Crippen LogP contribution in [0.15, 0.2) is 42.5 Å². The first kappa shape index (κ1) is 15.5. The molecule has 112 valence electrons. The van der Waals surface area contributed by atoms with Gasteiger partial charge in [0.15, 0.2) is 0 Å². The van der Waals surface area contributed by atoms with Gasteiger partial charge < -0.3 is 16.2 Å². The lowest BCUT2D eigenvalue weighted by Crippen LogP contribution is -2.29. The number of carboxylic acid groups (broad SMARTS) is 1. The molecule has 0 amide bonds. The van der Waals surface area contributed by atoms with E-state index in [-0.39, 0.29) is 12.1 Å². The number of benzene rings is 2. The van der Waals surface area contributed by atoms with E-state index in [0.717, 1.165) is 19.4 Å². The molecule has 0 saturated carbocycles. The molecular weight excluding hydrogens is 264 g/mol. The SMILES string of the molecule is C[C@@H](N)c1cccc2ccccc12.O=C(O)[C@@H]1CCCN1. The normalized spacial score (nSPS) is 18.9. The first-order chi connectivity index (χ1) is 10.1. The predicted octanol–water partition coefficient (Wildman–Crippen LogP) is 2.68. The average Bonchev–Trinajstić information content (AvgIpc) is 3.01. The first-order valence-corrected chi connectivity index (χ1v) is 7.29. The van der Waals surface area contributed by atoms with Crippen molar-refractivity contribution in [2.24, 2.45) is 5.73 Å². The van der Waals surface area contributed by atoms with Crippen molar-refractivity contribution in [2.45, 2.75) is 31.8 Å². The van der Waals surface area contributed by atoms with Crippen LogP contribution in [0.3, 0.4) is 0 Å². The maximum atomic E-state index is 10.1. The number of hydrogen-bond donors (Lipinski definition) is 3. The molecule has 1 fully saturated rings. The standard InChI is InChI=1S/C12H13N.C5H9NO2/c1-9(13)11-8-4-6-10-5-2-3-7-12(10)11;7-5(8)4-2-1-3-6-4/h2-9H,13H2,1H3;4,6H,1-3H2,(H,7,8)/t9-;4-/m10/s1. The van der Waals surface area contributed by atoms with Gasteiger partial charge in [-0.25, -0.2) is 0 Å². The van der Waals surface area contributed by atoms with Crippen LogP contribution in [0.25, 0.3) is 10.8 Å². The van der Waals surface area contributed by atoms with Crippen molar-refractivity contribution >= 4 is 16.7 Å². The molecule has 0 aliphatic carbocycles. The quantitative estimate of drug-likeness (QED) is 0.793. The van der Waals surface area contributed by atoms with Gasteiger partial charge in [0.05, 0.1) is 0 Å². The largest absolute Gasteiger partial charge is 0.480 e. The Morgan fingerprint density at radius 2 is 2.00 bits per heavy atom. The van der Waals surface area contributed by atoms with Gasteiger partial charge in [0.1, 0.15) is 6.04 Å². The molecule has 4 N–H and O–H groups in total. The van der Waals surface area contributed by atoms with Crippen LogP contribution in [0.1, 0.15) is 31.4 Å². The van der Waals surface area contributed by atoms with E-state index in [1.54, 1.807) is 0 Å². The van der Waals surface area contributed by atoms with E-state index in [1.807, 2.05) is 19.1 Å². The summed E-state index contributed by atoms with van der Waals surface area (Å²) in [7, 11) is 0. The van der Waals surface area contributed by atoms with Crippen LogP contribution in [-0.2, 0) is 4.79 Å². The van der Waals surface area contributed by atoms with Crippen LogP contribution in [0.2, 0.25) is 0 Å². The molecule has 1 aliphatic heterocycles. The zero-order valence-electron chi connectivity index (χ0n) is 12.3. The minimum Gasteiger partial charge on any atom is -0.480 e. The smallest absolute Gasteiger partial charge is 0.320 e. The number of nitrogens with one attached hydrogen (secondary N) is 1. The third kappa shape index (κ3) is 4.03. The van der Waals surface area contributed by atoms with E-state index < -0.39 is 5.97 Å². The van der Waals surface area contributed by atoms with Crippen LogP contribution >= 0.6 is 0 Å². The molecule has 0 unspecified atom stereocenters. The van der Waals surface area contributed by atoms with Gasteiger partial charge in [-0.2, -0.15) is 0 Å². The zero-order chi connectivity index (χ0) is 15.2. The molecule has 0 spiro atoms. The Balaban J connectivity index is 0.000000173. The summed E-state index contributed by atoms with van der Waals surface area (Å²) in [6.07, 6.45) is 1.78. The summed E-state index contributed by atoms with van der Waals surface area (Å²) in [5, 5.41) is 13.7.